The van der Waals surface area contributed by atoms with E-state index in [1.54, 1.807) is 6.92 Å². The predicted molar refractivity (Wildman–Crippen MR) is 86.8 cm³/mol. The lowest BCUT2D eigenvalue weighted by molar-refractivity contribution is -0.137. The number of oxazole rings is 1. The summed E-state index contributed by atoms with van der Waals surface area (Å²) in [6, 6.07) is 0.914. The zero-order chi connectivity index (χ0) is 19.4. The van der Waals surface area contributed by atoms with Crippen molar-refractivity contribution in [2.45, 2.75) is 25.1 Å². The number of imidazole rings is 1. The first kappa shape index (κ1) is 17.5. The molecule has 0 aliphatic carbocycles. The number of hydrogen-bond donors (Lipinski definition) is 1. The van der Waals surface area contributed by atoms with Crippen molar-refractivity contribution in [2.75, 3.05) is 13.1 Å². The minimum Gasteiger partial charge on any atom is -0.443 e. The SMILES string of the molecule is CC1(O)CCN(C(=O)c2cnc3c(-c4cnco4)cc(C(F)(F)F)cn23)C1. The molecule has 1 unspecified atom stereocenters. The Hall–Kier alpha value is -2.88. The lowest BCUT2D eigenvalue weighted by Crippen LogP contribution is -2.34. The Morgan fingerprint density at radius 2 is 2.15 bits per heavy atom. The van der Waals surface area contributed by atoms with Crippen molar-refractivity contribution >= 4 is 11.6 Å². The van der Waals surface area contributed by atoms with Crippen LogP contribution in [0.1, 0.15) is 29.4 Å². The average Bonchev–Trinajstić information content (AvgIpc) is 3.31. The second-order valence-electron chi connectivity index (χ2n) is 6.82. The van der Waals surface area contributed by atoms with E-state index in [0.29, 0.717) is 13.0 Å². The first-order chi connectivity index (χ1) is 12.7. The lowest BCUT2D eigenvalue weighted by Gasteiger charge is -2.19. The smallest absolute Gasteiger partial charge is 0.417 e. The van der Waals surface area contributed by atoms with Crippen LogP contribution in [-0.2, 0) is 6.18 Å². The number of halogens is 3. The van der Waals surface area contributed by atoms with Gasteiger partial charge in [0.15, 0.2) is 12.2 Å². The zero-order valence-electron chi connectivity index (χ0n) is 14.2. The van der Waals surface area contributed by atoms with Crippen LogP contribution in [0.2, 0.25) is 0 Å². The Kier molecular flexibility index (Phi) is 3.77. The Morgan fingerprint density at radius 3 is 2.74 bits per heavy atom. The van der Waals surface area contributed by atoms with Crippen LogP contribution in [0.15, 0.2) is 35.5 Å². The van der Waals surface area contributed by atoms with Gasteiger partial charge in [-0.2, -0.15) is 13.2 Å². The molecule has 4 rings (SSSR count). The molecule has 7 nitrogen and oxygen atoms in total. The number of nitrogens with zero attached hydrogens (tertiary/aromatic N) is 4. The molecule has 1 fully saturated rings. The number of likely N-dealkylation sites (tertiary alicyclic amines) is 1. The van der Waals surface area contributed by atoms with Crippen molar-refractivity contribution in [3.05, 3.63) is 42.3 Å². The highest BCUT2D eigenvalue weighted by Crippen LogP contribution is 2.35. The topological polar surface area (TPSA) is 83.9 Å². The second-order valence-corrected chi connectivity index (χ2v) is 6.82. The van der Waals surface area contributed by atoms with E-state index in [-0.39, 0.29) is 29.2 Å². The third-order valence-corrected chi connectivity index (χ3v) is 4.59. The summed E-state index contributed by atoms with van der Waals surface area (Å²) in [5, 5.41) is 10.1. The van der Waals surface area contributed by atoms with Gasteiger partial charge in [0.05, 0.1) is 29.1 Å². The van der Waals surface area contributed by atoms with Gasteiger partial charge in [0.25, 0.3) is 5.91 Å². The predicted octanol–water partition coefficient (Wildman–Crippen LogP) is 2.61. The third kappa shape index (κ3) is 3.05. The fraction of sp³-hybridized carbons (Fsp3) is 0.353. The van der Waals surface area contributed by atoms with Gasteiger partial charge in [-0.05, 0) is 19.4 Å². The number of carbonyl (C=O) groups excluding carboxylic acids is 1. The molecule has 27 heavy (non-hydrogen) atoms. The highest BCUT2D eigenvalue weighted by molar-refractivity contribution is 5.94. The Balaban J connectivity index is 1.86. The van der Waals surface area contributed by atoms with E-state index < -0.39 is 23.2 Å². The maximum atomic E-state index is 13.4. The Morgan fingerprint density at radius 1 is 1.37 bits per heavy atom. The third-order valence-electron chi connectivity index (χ3n) is 4.59. The summed E-state index contributed by atoms with van der Waals surface area (Å²) in [6.45, 7) is 2.03. The van der Waals surface area contributed by atoms with E-state index in [9.17, 15) is 23.1 Å². The molecular formula is C17H15F3N4O3. The zero-order valence-corrected chi connectivity index (χ0v) is 14.2. The van der Waals surface area contributed by atoms with Crippen LogP contribution in [0.4, 0.5) is 13.2 Å². The van der Waals surface area contributed by atoms with Crippen molar-refractivity contribution in [3.63, 3.8) is 0 Å². The summed E-state index contributed by atoms with van der Waals surface area (Å²) in [4.78, 5) is 22.1. The fourth-order valence-corrected chi connectivity index (χ4v) is 3.21. The van der Waals surface area contributed by atoms with E-state index in [1.165, 1.54) is 17.3 Å². The minimum atomic E-state index is -4.62. The van der Waals surface area contributed by atoms with E-state index >= 15 is 0 Å². The molecule has 0 spiro atoms. The number of carbonyl (C=O) groups is 1. The number of amides is 1. The minimum absolute atomic E-state index is 0.0189. The van der Waals surface area contributed by atoms with Gasteiger partial charge in [-0.1, -0.05) is 0 Å². The van der Waals surface area contributed by atoms with Crippen LogP contribution in [0, 0.1) is 0 Å². The molecule has 0 bridgehead atoms. The van der Waals surface area contributed by atoms with Crippen molar-refractivity contribution < 1.29 is 27.5 Å². The van der Waals surface area contributed by atoms with Crippen molar-refractivity contribution in [1.29, 1.82) is 0 Å². The highest BCUT2D eigenvalue weighted by Gasteiger charge is 2.36. The first-order valence-corrected chi connectivity index (χ1v) is 8.14. The molecule has 3 aromatic heterocycles. The molecule has 1 aliphatic heterocycles. The van der Waals surface area contributed by atoms with Gasteiger partial charge < -0.3 is 14.4 Å². The van der Waals surface area contributed by atoms with E-state index in [4.69, 9.17) is 4.42 Å². The summed E-state index contributed by atoms with van der Waals surface area (Å²) in [7, 11) is 0. The van der Waals surface area contributed by atoms with Crippen molar-refractivity contribution in [1.82, 2.24) is 19.3 Å². The number of rotatable bonds is 2. The Bertz CT molecular complexity index is 1010. The number of alkyl halides is 3. The molecule has 4 heterocycles. The summed E-state index contributed by atoms with van der Waals surface area (Å²) in [5.41, 5.74) is -1.75. The number of aliphatic hydroxyl groups is 1. The lowest BCUT2D eigenvalue weighted by atomic mass is 10.1. The fourth-order valence-electron chi connectivity index (χ4n) is 3.21. The standard InChI is InChI=1S/C17H15F3N4O3/c1-16(26)2-3-23(8-16)15(25)12-5-22-14-11(13-6-21-9-27-13)4-10(7-24(12)14)17(18,19)20/h4-7,9,26H,2-3,8H2,1H3. The van der Waals surface area contributed by atoms with Crippen molar-refractivity contribution in [2.24, 2.45) is 0 Å². The van der Waals surface area contributed by atoms with Gasteiger partial charge in [-0.15, -0.1) is 0 Å². The molecule has 3 aromatic rings. The monoisotopic (exact) mass is 380 g/mol. The highest BCUT2D eigenvalue weighted by atomic mass is 19.4. The summed E-state index contributed by atoms with van der Waals surface area (Å²) >= 11 is 0. The van der Waals surface area contributed by atoms with Gasteiger partial charge >= 0.3 is 6.18 Å². The van der Waals surface area contributed by atoms with E-state index in [1.807, 2.05) is 0 Å². The number of aromatic nitrogens is 3. The van der Waals surface area contributed by atoms with Gasteiger partial charge in [0, 0.05) is 19.3 Å². The molecule has 1 amide bonds. The molecule has 1 saturated heterocycles. The van der Waals surface area contributed by atoms with Crippen LogP contribution in [0.5, 0.6) is 0 Å². The maximum Gasteiger partial charge on any atom is 0.417 e. The molecule has 0 saturated carbocycles. The Labute approximate surface area is 151 Å². The first-order valence-electron chi connectivity index (χ1n) is 8.14. The van der Waals surface area contributed by atoms with Gasteiger partial charge in [-0.3, -0.25) is 9.20 Å². The summed E-state index contributed by atoms with van der Waals surface area (Å²) in [5.74, 6) is -0.386. The molecule has 10 heteroatoms. The number of hydrogen-bond acceptors (Lipinski definition) is 5. The summed E-state index contributed by atoms with van der Waals surface area (Å²) in [6.07, 6.45) is 0.225. The normalized spacial score (nSPS) is 20.6. The van der Waals surface area contributed by atoms with E-state index in [2.05, 4.69) is 9.97 Å². The number of fused-ring (bicyclic) bond motifs is 1. The molecule has 142 valence electrons. The quantitative estimate of drug-likeness (QED) is 0.739. The molecule has 1 aliphatic rings. The number of pyridine rings is 1. The second kappa shape index (κ2) is 5.81. The van der Waals surface area contributed by atoms with Crippen LogP contribution in [-0.4, -0.2) is 49.0 Å². The molecular weight excluding hydrogens is 365 g/mol. The van der Waals surface area contributed by atoms with Crippen LogP contribution >= 0.6 is 0 Å². The van der Waals surface area contributed by atoms with Crippen LogP contribution < -0.4 is 0 Å². The largest absolute Gasteiger partial charge is 0.443 e. The summed E-state index contributed by atoms with van der Waals surface area (Å²) < 4.78 is 46.4. The van der Waals surface area contributed by atoms with Gasteiger partial charge in [0.2, 0.25) is 0 Å². The number of β-amino-alcohol motifs (C(OH)–C–C–N with tert-alkyl or cyclic N) is 1. The molecule has 0 aromatic carbocycles. The molecule has 0 radical (unpaired) electrons. The van der Waals surface area contributed by atoms with E-state index in [0.717, 1.165) is 23.1 Å². The average molecular weight is 380 g/mol. The maximum absolute atomic E-state index is 13.4. The van der Waals surface area contributed by atoms with Crippen LogP contribution in [0.3, 0.4) is 0 Å². The molecule has 1 N–H and O–H groups in total. The van der Waals surface area contributed by atoms with Gasteiger partial charge in [0.1, 0.15) is 11.3 Å². The van der Waals surface area contributed by atoms with Gasteiger partial charge in [-0.25, -0.2) is 9.97 Å². The molecule has 1 atom stereocenters. The van der Waals surface area contributed by atoms with Crippen molar-refractivity contribution in [3.8, 4) is 11.3 Å². The van der Waals surface area contributed by atoms with Crippen LogP contribution in [0.25, 0.3) is 17.0 Å².